The van der Waals surface area contributed by atoms with Crippen molar-refractivity contribution in [3.8, 4) is 0 Å². The maximum Gasteiger partial charge on any atom is 0.267 e. The number of thioether (sulfide) groups is 2. The van der Waals surface area contributed by atoms with Crippen molar-refractivity contribution in [3.63, 3.8) is 0 Å². The molecule has 0 spiro atoms. The normalized spacial score (nSPS) is 22.3. The van der Waals surface area contributed by atoms with Crippen LogP contribution in [-0.4, -0.2) is 67.2 Å². The number of unbranched alkanes of at least 4 members (excludes halogenated alkanes) is 4. The summed E-state index contributed by atoms with van der Waals surface area (Å²) in [5, 5.41) is 6.22. The second-order valence-corrected chi connectivity index (χ2v) is 14.3. The van der Waals surface area contributed by atoms with Crippen molar-refractivity contribution < 1.29 is 19.2 Å². The van der Waals surface area contributed by atoms with Gasteiger partial charge < -0.3 is 10.6 Å². The lowest BCUT2D eigenvalue weighted by molar-refractivity contribution is -0.124. The quantitative estimate of drug-likeness (QED) is 0.156. The van der Waals surface area contributed by atoms with Crippen molar-refractivity contribution in [2.24, 2.45) is 0 Å². The van der Waals surface area contributed by atoms with Gasteiger partial charge in [0.25, 0.3) is 11.8 Å². The lowest BCUT2D eigenvalue weighted by Crippen LogP contribution is -2.32. The molecule has 2 N–H and O–H groups in total. The Morgan fingerprint density at radius 2 is 1.02 bits per heavy atom. The number of carbonyl (C=O) groups excluding carboxylic acids is 4. The van der Waals surface area contributed by atoms with Crippen LogP contribution in [0.1, 0.15) is 103 Å². The van der Waals surface area contributed by atoms with Crippen LogP contribution in [-0.2, 0) is 19.2 Å². The first-order valence-corrected chi connectivity index (χ1v) is 17.2. The fraction of sp³-hybridized carbons (Fsp3) is 0.714. The molecule has 0 unspecified atom stereocenters. The highest BCUT2D eigenvalue weighted by molar-refractivity contribution is 8.29. The molecule has 4 amide bonds. The van der Waals surface area contributed by atoms with Gasteiger partial charge in [0.1, 0.15) is 8.64 Å². The minimum atomic E-state index is -0.234. The van der Waals surface area contributed by atoms with E-state index < -0.39 is 0 Å². The third-order valence-corrected chi connectivity index (χ3v) is 10.9. The molecule has 0 atom stereocenters. The minimum absolute atomic E-state index is 0.115. The number of carbonyl (C=O) groups is 4. The first-order chi connectivity index (χ1) is 19.3. The predicted octanol–water partition coefficient (Wildman–Crippen LogP) is 5.16. The van der Waals surface area contributed by atoms with E-state index in [4.69, 9.17) is 24.4 Å². The molecular formula is C28H40N4O4S4. The van der Waals surface area contributed by atoms with Gasteiger partial charge in [-0.15, -0.1) is 0 Å². The van der Waals surface area contributed by atoms with Crippen LogP contribution >= 0.6 is 48.0 Å². The standard InChI is InChI=1S/C28H40N4O4S4/c33-21(29-19-11-5-6-12-19)15-3-1-9-17-31-25(35)23(39-27(31)37)24-26(36)32(28(38)40-24)18-10-2-4-16-22(34)30-20-13-7-8-14-20/h19-20H,1-18H2,(H,29,33)(H,30,34)/b24-23+. The molecule has 220 valence electrons. The zero-order chi connectivity index (χ0) is 28.5. The van der Waals surface area contributed by atoms with E-state index in [9.17, 15) is 19.2 Å². The zero-order valence-electron chi connectivity index (χ0n) is 23.0. The molecule has 4 fully saturated rings. The summed E-state index contributed by atoms with van der Waals surface area (Å²) in [4.78, 5) is 54.4. The Bertz CT molecular complexity index is 957. The van der Waals surface area contributed by atoms with Crippen LogP contribution in [0.4, 0.5) is 0 Å². The van der Waals surface area contributed by atoms with Crippen LogP contribution in [0.2, 0.25) is 0 Å². The fourth-order valence-corrected chi connectivity index (χ4v) is 8.43. The number of hydrogen-bond donors (Lipinski definition) is 2. The number of hydrogen-bond acceptors (Lipinski definition) is 8. The van der Waals surface area contributed by atoms with Crippen molar-refractivity contribution >= 4 is 80.2 Å². The Balaban J connectivity index is 1.16. The summed E-state index contributed by atoms with van der Waals surface area (Å²) in [6.45, 7) is 0.958. The smallest absolute Gasteiger partial charge is 0.267 e. The average Bonchev–Trinajstić information content (AvgIpc) is 3.72. The van der Waals surface area contributed by atoms with Gasteiger partial charge in [0.05, 0.1) is 9.81 Å². The molecule has 2 heterocycles. The van der Waals surface area contributed by atoms with Crippen molar-refractivity contribution in [1.29, 1.82) is 0 Å². The van der Waals surface area contributed by atoms with Gasteiger partial charge in [-0.1, -0.05) is 86.5 Å². The summed E-state index contributed by atoms with van der Waals surface area (Å²) in [5.74, 6) is -0.237. The molecule has 0 bridgehead atoms. The lowest BCUT2D eigenvalue weighted by atomic mass is 10.1. The monoisotopic (exact) mass is 624 g/mol. The Morgan fingerprint density at radius 1 is 0.650 bits per heavy atom. The van der Waals surface area contributed by atoms with Gasteiger partial charge in [-0.05, 0) is 51.4 Å². The van der Waals surface area contributed by atoms with E-state index in [1.54, 1.807) is 9.80 Å². The maximum atomic E-state index is 13.1. The van der Waals surface area contributed by atoms with E-state index in [-0.39, 0.29) is 23.6 Å². The number of nitrogens with zero attached hydrogens (tertiary/aromatic N) is 2. The maximum absolute atomic E-state index is 13.1. The molecule has 0 aromatic heterocycles. The van der Waals surface area contributed by atoms with E-state index >= 15 is 0 Å². The molecule has 12 heteroatoms. The second-order valence-electron chi connectivity index (χ2n) is 11.0. The second kappa shape index (κ2) is 15.7. The summed E-state index contributed by atoms with van der Waals surface area (Å²) >= 11 is 13.3. The fourth-order valence-electron chi connectivity index (χ4n) is 5.66. The van der Waals surface area contributed by atoms with Crippen LogP contribution in [0.3, 0.4) is 0 Å². The largest absolute Gasteiger partial charge is 0.353 e. The Kier molecular flexibility index (Phi) is 12.3. The van der Waals surface area contributed by atoms with Crippen LogP contribution < -0.4 is 10.6 Å². The van der Waals surface area contributed by atoms with Crippen molar-refractivity contribution in [1.82, 2.24) is 20.4 Å². The molecule has 2 aliphatic carbocycles. The molecule has 0 aromatic rings. The third-order valence-electron chi connectivity index (χ3n) is 7.92. The molecule has 2 aliphatic heterocycles. The van der Waals surface area contributed by atoms with E-state index in [2.05, 4.69) is 10.6 Å². The van der Waals surface area contributed by atoms with Crippen LogP contribution in [0.5, 0.6) is 0 Å². The molecule has 0 radical (unpaired) electrons. The van der Waals surface area contributed by atoms with Gasteiger partial charge in [-0.3, -0.25) is 29.0 Å². The molecule has 4 rings (SSSR count). The van der Waals surface area contributed by atoms with Crippen LogP contribution in [0, 0.1) is 0 Å². The Hall–Kier alpha value is -1.50. The van der Waals surface area contributed by atoms with Gasteiger partial charge in [0, 0.05) is 38.0 Å². The lowest BCUT2D eigenvalue weighted by Gasteiger charge is -2.15. The summed E-state index contributed by atoms with van der Waals surface area (Å²) in [6.07, 6.45) is 14.8. The van der Waals surface area contributed by atoms with Gasteiger partial charge in [-0.2, -0.15) is 0 Å². The summed E-state index contributed by atoms with van der Waals surface area (Å²) in [7, 11) is 0. The summed E-state index contributed by atoms with van der Waals surface area (Å²) in [5.41, 5.74) is 0. The first kappa shape index (κ1) is 31.4. The SMILES string of the molecule is O=C(CCCCCN1C(=O)/C(=C2\SC(=S)N(CCCCCC(=O)NC3CCCC3)C2=O)SC1=S)NC1CCCC1. The van der Waals surface area contributed by atoms with E-state index in [0.29, 0.717) is 56.5 Å². The molecule has 2 saturated carbocycles. The third kappa shape index (κ3) is 8.75. The number of thiocarbonyl (C=S) groups is 2. The van der Waals surface area contributed by atoms with Gasteiger partial charge in [-0.25, -0.2) is 0 Å². The Labute approximate surface area is 256 Å². The van der Waals surface area contributed by atoms with Crippen LogP contribution in [0.25, 0.3) is 0 Å². The molecule has 40 heavy (non-hydrogen) atoms. The zero-order valence-corrected chi connectivity index (χ0v) is 26.3. The molecule has 2 saturated heterocycles. The minimum Gasteiger partial charge on any atom is -0.353 e. The van der Waals surface area contributed by atoms with Gasteiger partial charge in [0.2, 0.25) is 11.8 Å². The molecule has 8 nitrogen and oxygen atoms in total. The van der Waals surface area contributed by atoms with Gasteiger partial charge >= 0.3 is 0 Å². The highest BCUT2D eigenvalue weighted by Gasteiger charge is 2.41. The topological polar surface area (TPSA) is 98.8 Å². The van der Waals surface area contributed by atoms with E-state index in [0.717, 1.165) is 64.2 Å². The van der Waals surface area contributed by atoms with Crippen molar-refractivity contribution in [2.75, 3.05) is 13.1 Å². The van der Waals surface area contributed by atoms with Crippen LogP contribution in [0.15, 0.2) is 9.81 Å². The highest BCUT2D eigenvalue weighted by atomic mass is 32.2. The highest BCUT2D eigenvalue weighted by Crippen LogP contribution is 2.42. The summed E-state index contributed by atoms with van der Waals surface area (Å²) in [6, 6.07) is 0.685. The molecule has 4 aliphatic rings. The number of amides is 4. The summed E-state index contributed by atoms with van der Waals surface area (Å²) < 4.78 is 0.917. The predicted molar refractivity (Wildman–Crippen MR) is 169 cm³/mol. The van der Waals surface area contributed by atoms with E-state index in [1.165, 1.54) is 49.2 Å². The molecule has 0 aromatic carbocycles. The van der Waals surface area contributed by atoms with Crippen molar-refractivity contribution in [3.05, 3.63) is 9.81 Å². The van der Waals surface area contributed by atoms with Gasteiger partial charge in [0.15, 0.2) is 0 Å². The van der Waals surface area contributed by atoms with E-state index in [1.807, 2.05) is 0 Å². The van der Waals surface area contributed by atoms with Crippen molar-refractivity contribution in [2.45, 2.75) is 115 Å². The number of nitrogens with one attached hydrogen (secondary N) is 2. The average molecular weight is 625 g/mol. The first-order valence-electron chi connectivity index (χ1n) is 14.7. The Morgan fingerprint density at radius 3 is 1.40 bits per heavy atom. The molecular weight excluding hydrogens is 585 g/mol. The number of rotatable bonds is 14.